The molecule has 1 aliphatic rings. The Morgan fingerprint density at radius 2 is 1.65 bits per heavy atom. The molecule has 0 spiro atoms. The third-order valence-electron chi connectivity index (χ3n) is 7.95. The van der Waals surface area contributed by atoms with E-state index in [1.165, 1.54) is 5.56 Å². The van der Waals surface area contributed by atoms with Gasteiger partial charge in [0.1, 0.15) is 0 Å². The predicted octanol–water partition coefficient (Wildman–Crippen LogP) is 5.19. The minimum absolute atomic E-state index is 0. The van der Waals surface area contributed by atoms with Crippen molar-refractivity contribution in [2.24, 2.45) is 0 Å². The monoisotopic (exact) mass is 721 g/mol. The zero-order valence-electron chi connectivity index (χ0n) is 26.4. The second-order valence-electron chi connectivity index (χ2n) is 11.2. The molecule has 7 nitrogen and oxygen atoms in total. The van der Waals surface area contributed by atoms with E-state index in [1.807, 2.05) is 30.3 Å². The fraction of sp³-hybridized carbons (Fsp3) is 0.294. The van der Waals surface area contributed by atoms with Gasteiger partial charge < -0.3 is 9.45 Å². The van der Waals surface area contributed by atoms with Crippen molar-refractivity contribution in [3.8, 4) is 11.1 Å². The molecule has 0 radical (unpaired) electrons. The van der Waals surface area contributed by atoms with Crippen LogP contribution in [0, 0.1) is 13.8 Å². The fourth-order valence-corrected chi connectivity index (χ4v) is 8.87. The van der Waals surface area contributed by atoms with Crippen LogP contribution in [-0.4, -0.2) is 44.0 Å². The molecule has 0 fully saturated rings. The van der Waals surface area contributed by atoms with Crippen molar-refractivity contribution in [2.75, 3.05) is 23.0 Å². The van der Waals surface area contributed by atoms with Gasteiger partial charge in [-0.05, 0) is 115 Å². The summed E-state index contributed by atoms with van der Waals surface area (Å²) in [5.41, 5.74) is 7.46. The van der Waals surface area contributed by atoms with Crippen LogP contribution in [0.15, 0.2) is 82.2 Å². The van der Waals surface area contributed by atoms with Crippen LogP contribution in [0.3, 0.4) is 0 Å². The van der Waals surface area contributed by atoms with Gasteiger partial charge in [0, 0.05) is 26.8 Å². The van der Waals surface area contributed by atoms with Gasteiger partial charge in [-0.1, -0.05) is 55.1 Å². The van der Waals surface area contributed by atoms with Gasteiger partial charge in [0.15, 0.2) is 0 Å². The molecule has 0 atom stereocenters. The van der Waals surface area contributed by atoms with E-state index in [1.54, 1.807) is 23.1 Å². The molecule has 1 aliphatic heterocycles. The number of unbranched alkanes of at least 4 members (excludes halogenated alkanes) is 1. The minimum Gasteiger partial charge on any atom is -0.748 e. The SMILES string of the molecule is CCC(=C/c1sc2ccc(-c3ccccc3)cc2c1CCS(=O)(=O)O)/C=C1/Sc2cc(C)c(C)cc2N1CCCCS(=O)(=O)[O-].[K+]. The molecule has 12 heteroatoms. The third kappa shape index (κ3) is 9.66. The van der Waals surface area contributed by atoms with E-state index >= 15 is 0 Å². The van der Waals surface area contributed by atoms with Crippen molar-refractivity contribution >= 4 is 65.2 Å². The predicted molar refractivity (Wildman–Crippen MR) is 187 cm³/mol. The molecule has 1 N–H and O–H groups in total. The standard InChI is InChI=1S/C34H37NO6S4.K/c1-4-25(21-34-35(15-8-9-16-44(36,37)38)30-18-23(2)24(3)19-33(30)43-34)20-32-28(14-17-45(39,40)41)29-22-27(12-13-31(29)42-32)26-10-6-5-7-11-26;/h5-7,10-13,18-22H,4,8-9,14-17H2,1-3H3,(H,36,37,38)(H,39,40,41);/q;+1/p-1/b25-20-,34-21+;. The zero-order valence-corrected chi connectivity index (χ0v) is 32.8. The summed E-state index contributed by atoms with van der Waals surface area (Å²) >= 11 is 3.27. The van der Waals surface area contributed by atoms with Crippen LogP contribution in [0.25, 0.3) is 27.3 Å². The van der Waals surface area contributed by atoms with Crippen molar-refractivity contribution in [2.45, 2.75) is 51.3 Å². The smallest absolute Gasteiger partial charge is 0.748 e. The normalized spacial score (nSPS) is 14.6. The van der Waals surface area contributed by atoms with Gasteiger partial charge >= 0.3 is 51.4 Å². The number of benzene rings is 3. The van der Waals surface area contributed by atoms with Crippen LogP contribution in [-0.2, 0) is 26.7 Å². The van der Waals surface area contributed by atoms with Crippen LogP contribution in [0.5, 0.6) is 0 Å². The van der Waals surface area contributed by atoms with Gasteiger partial charge in [0.05, 0.1) is 26.6 Å². The molecule has 4 aromatic rings. The van der Waals surface area contributed by atoms with Gasteiger partial charge in [-0.15, -0.1) is 11.3 Å². The fourth-order valence-electron chi connectivity index (χ4n) is 5.40. The van der Waals surface area contributed by atoms with Gasteiger partial charge in [0.25, 0.3) is 10.1 Å². The quantitative estimate of drug-likeness (QED) is 0.121. The van der Waals surface area contributed by atoms with Gasteiger partial charge in [-0.2, -0.15) is 8.42 Å². The Labute approximate surface area is 323 Å². The number of thiophene rings is 1. The molecule has 46 heavy (non-hydrogen) atoms. The third-order valence-corrected chi connectivity index (χ3v) is 11.7. The number of thioether (sulfide) groups is 1. The first-order valence-electron chi connectivity index (χ1n) is 14.8. The van der Waals surface area contributed by atoms with E-state index in [4.69, 9.17) is 0 Å². The molecule has 3 aromatic carbocycles. The van der Waals surface area contributed by atoms with Crippen molar-refractivity contribution < 1.29 is 77.3 Å². The van der Waals surface area contributed by atoms with Gasteiger partial charge in [-0.25, -0.2) is 8.42 Å². The van der Waals surface area contributed by atoms with E-state index in [-0.39, 0.29) is 69.3 Å². The molecule has 0 saturated heterocycles. The molecule has 0 saturated carbocycles. The number of hydrogen-bond acceptors (Lipinski definition) is 8. The van der Waals surface area contributed by atoms with Crippen LogP contribution >= 0.6 is 23.1 Å². The molecule has 0 aliphatic carbocycles. The Morgan fingerprint density at radius 1 is 0.935 bits per heavy atom. The van der Waals surface area contributed by atoms with E-state index < -0.39 is 20.2 Å². The molecule has 5 rings (SSSR count). The number of hydrogen-bond donors (Lipinski definition) is 1. The van der Waals surface area contributed by atoms with Crippen molar-refractivity contribution in [1.82, 2.24) is 0 Å². The molecule has 0 amide bonds. The second kappa shape index (κ2) is 15.9. The Balaban J connectivity index is 0.00000480. The summed E-state index contributed by atoms with van der Waals surface area (Å²) in [6.07, 6.45) is 6.01. The molecule has 238 valence electrons. The first-order chi connectivity index (χ1) is 21.3. The van der Waals surface area contributed by atoms with Crippen LogP contribution in [0.4, 0.5) is 5.69 Å². The summed E-state index contributed by atoms with van der Waals surface area (Å²) in [6, 6.07) is 20.6. The van der Waals surface area contributed by atoms with Crippen LogP contribution in [0.1, 0.15) is 47.8 Å². The number of allylic oxidation sites excluding steroid dienone is 2. The number of aryl methyl sites for hydroxylation is 3. The molecule has 1 aromatic heterocycles. The topological polar surface area (TPSA) is 115 Å². The second-order valence-corrected chi connectivity index (χ2v) is 16.5. The maximum Gasteiger partial charge on any atom is 1.00 e. The number of anilines is 1. The molecule has 0 bridgehead atoms. The van der Waals surface area contributed by atoms with Crippen molar-refractivity contribution in [1.29, 1.82) is 0 Å². The molecule has 0 unspecified atom stereocenters. The minimum atomic E-state index is -4.26. The molecular weight excluding hydrogens is 686 g/mol. The van der Waals surface area contributed by atoms with Crippen LogP contribution < -0.4 is 56.3 Å². The van der Waals surface area contributed by atoms with E-state index in [2.05, 4.69) is 68.2 Å². The Morgan fingerprint density at radius 3 is 2.33 bits per heavy atom. The Hall–Kier alpha value is -1.29. The number of nitrogens with zero attached hydrogens (tertiary/aromatic N) is 1. The first kappa shape index (κ1) is 37.5. The zero-order chi connectivity index (χ0) is 32.4. The summed E-state index contributed by atoms with van der Waals surface area (Å²) in [5, 5.41) is 1.99. The van der Waals surface area contributed by atoms with E-state index in [0.717, 1.165) is 64.8 Å². The summed E-state index contributed by atoms with van der Waals surface area (Å²) in [6.45, 7) is 6.80. The van der Waals surface area contributed by atoms with Gasteiger partial charge in [-0.3, -0.25) is 4.55 Å². The van der Waals surface area contributed by atoms with E-state index in [0.29, 0.717) is 19.4 Å². The first-order valence-corrected chi connectivity index (χ1v) is 19.6. The van der Waals surface area contributed by atoms with Crippen LogP contribution in [0.2, 0.25) is 0 Å². The summed E-state index contributed by atoms with van der Waals surface area (Å²) in [4.78, 5) is 4.27. The average Bonchev–Trinajstić information content (AvgIpc) is 3.49. The van der Waals surface area contributed by atoms with Gasteiger partial charge in [0.2, 0.25) is 0 Å². The van der Waals surface area contributed by atoms with Crippen molar-refractivity contribution in [3.05, 3.63) is 98.9 Å². The number of fused-ring (bicyclic) bond motifs is 2. The number of rotatable bonds is 12. The largest absolute Gasteiger partial charge is 1.00 e. The summed E-state index contributed by atoms with van der Waals surface area (Å²) < 4.78 is 67.8. The average molecular weight is 722 g/mol. The Bertz CT molecular complexity index is 2000. The Kier molecular flexibility index (Phi) is 13.0. The maximum atomic E-state index is 11.8. The molecule has 2 heterocycles. The summed E-state index contributed by atoms with van der Waals surface area (Å²) in [7, 11) is -8.42. The molecular formula is C34H36KNO6S4. The van der Waals surface area contributed by atoms with Crippen molar-refractivity contribution in [3.63, 3.8) is 0 Å². The maximum absolute atomic E-state index is 11.8. The van der Waals surface area contributed by atoms with E-state index in [9.17, 15) is 25.9 Å². The summed E-state index contributed by atoms with van der Waals surface area (Å²) in [5.74, 6) is -0.744.